The van der Waals surface area contributed by atoms with E-state index in [0.29, 0.717) is 26.6 Å². The summed E-state index contributed by atoms with van der Waals surface area (Å²) < 4.78 is 20.5. The van der Waals surface area contributed by atoms with Crippen molar-refractivity contribution in [1.82, 2.24) is 10.3 Å². The molecule has 0 saturated heterocycles. The van der Waals surface area contributed by atoms with Gasteiger partial charge < -0.3 is 15.4 Å². The average molecular weight is 529 g/mol. The standard InChI is InChI=1S/C23H18BrFN4O3S/c1-26-22(30)19-8-13(6-7-27-19)12-32-16-4-2-14-9-21(33-20(14)11-16)29-23(31)28-18-5-3-15(25)10-17(18)24/h2-11H,12H2,1H3,(H,26,30)(H2,28,29,31). The molecule has 0 atom stereocenters. The average Bonchev–Trinajstić information content (AvgIpc) is 3.20. The Morgan fingerprint density at radius 1 is 1.09 bits per heavy atom. The molecule has 3 N–H and O–H groups in total. The highest BCUT2D eigenvalue weighted by Crippen LogP contribution is 2.33. The van der Waals surface area contributed by atoms with E-state index >= 15 is 0 Å². The van der Waals surface area contributed by atoms with E-state index < -0.39 is 11.8 Å². The predicted octanol–water partition coefficient (Wildman–Crippen LogP) is 5.78. The second-order valence-electron chi connectivity index (χ2n) is 6.93. The van der Waals surface area contributed by atoms with Crippen molar-refractivity contribution in [3.8, 4) is 5.75 Å². The molecule has 0 saturated carbocycles. The van der Waals surface area contributed by atoms with E-state index in [1.807, 2.05) is 24.3 Å². The van der Waals surface area contributed by atoms with E-state index in [-0.39, 0.29) is 12.5 Å². The zero-order valence-electron chi connectivity index (χ0n) is 17.3. The van der Waals surface area contributed by atoms with Crippen LogP contribution in [0.25, 0.3) is 10.1 Å². The maximum atomic E-state index is 13.2. The molecule has 0 bridgehead atoms. The van der Waals surface area contributed by atoms with Gasteiger partial charge in [0.15, 0.2) is 0 Å². The Morgan fingerprint density at radius 3 is 2.73 bits per heavy atom. The number of ether oxygens (including phenoxy) is 1. The summed E-state index contributed by atoms with van der Waals surface area (Å²) in [5, 5.41) is 9.62. The van der Waals surface area contributed by atoms with Crippen LogP contribution in [0.15, 0.2) is 65.3 Å². The molecule has 0 spiro atoms. The largest absolute Gasteiger partial charge is 0.489 e. The number of hydrogen-bond donors (Lipinski definition) is 3. The maximum absolute atomic E-state index is 13.2. The minimum Gasteiger partial charge on any atom is -0.489 e. The van der Waals surface area contributed by atoms with E-state index in [1.54, 1.807) is 25.4 Å². The summed E-state index contributed by atoms with van der Waals surface area (Å²) in [6, 6.07) is 14.6. The Balaban J connectivity index is 1.41. The summed E-state index contributed by atoms with van der Waals surface area (Å²) in [5.74, 6) is 0.00722. The molecule has 2 aromatic carbocycles. The molecule has 4 rings (SSSR count). The fourth-order valence-electron chi connectivity index (χ4n) is 3.00. The second-order valence-corrected chi connectivity index (χ2v) is 8.87. The van der Waals surface area contributed by atoms with Gasteiger partial charge in [0, 0.05) is 22.4 Å². The first kappa shape index (κ1) is 22.7. The summed E-state index contributed by atoms with van der Waals surface area (Å²) in [6.07, 6.45) is 1.57. The molecule has 0 radical (unpaired) electrons. The van der Waals surface area contributed by atoms with Crippen LogP contribution < -0.4 is 20.7 Å². The molecule has 0 aliphatic heterocycles. The van der Waals surface area contributed by atoms with Gasteiger partial charge in [0.1, 0.15) is 23.9 Å². The van der Waals surface area contributed by atoms with E-state index in [1.165, 1.54) is 29.5 Å². The molecule has 0 unspecified atom stereocenters. The number of anilines is 2. The summed E-state index contributed by atoms with van der Waals surface area (Å²) >= 11 is 4.63. The zero-order valence-corrected chi connectivity index (χ0v) is 19.7. The molecule has 7 nitrogen and oxygen atoms in total. The molecule has 0 aliphatic rings. The Morgan fingerprint density at radius 2 is 1.94 bits per heavy atom. The quantitative estimate of drug-likeness (QED) is 0.295. The number of urea groups is 1. The van der Waals surface area contributed by atoms with Gasteiger partial charge in [-0.05, 0) is 81.5 Å². The van der Waals surface area contributed by atoms with Crippen molar-refractivity contribution in [2.45, 2.75) is 6.61 Å². The van der Waals surface area contributed by atoms with Gasteiger partial charge in [-0.1, -0.05) is 0 Å². The highest BCUT2D eigenvalue weighted by molar-refractivity contribution is 9.10. The molecule has 4 aromatic rings. The van der Waals surface area contributed by atoms with E-state index in [2.05, 4.69) is 36.9 Å². The van der Waals surface area contributed by atoms with Crippen molar-refractivity contribution in [3.05, 3.63) is 82.3 Å². The van der Waals surface area contributed by atoms with Crippen molar-refractivity contribution in [2.24, 2.45) is 0 Å². The molecular formula is C23H18BrFN4O3S. The van der Waals surface area contributed by atoms with Gasteiger partial charge in [0.2, 0.25) is 0 Å². The number of benzene rings is 2. The van der Waals surface area contributed by atoms with Crippen molar-refractivity contribution < 1.29 is 18.7 Å². The fourth-order valence-corrected chi connectivity index (χ4v) is 4.44. The third kappa shape index (κ3) is 5.65. The highest BCUT2D eigenvalue weighted by Gasteiger charge is 2.10. The molecule has 0 aliphatic carbocycles. The molecular weight excluding hydrogens is 511 g/mol. The van der Waals surface area contributed by atoms with Gasteiger partial charge in [0.25, 0.3) is 5.91 Å². The number of rotatable bonds is 6. The Labute approximate surface area is 201 Å². The Hall–Kier alpha value is -3.50. The molecule has 168 valence electrons. The zero-order chi connectivity index (χ0) is 23.4. The van der Waals surface area contributed by atoms with Crippen molar-refractivity contribution in [3.63, 3.8) is 0 Å². The molecule has 33 heavy (non-hydrogen) atoms. The third-order valence-electron chi connectivity index (χ3n) is 4.60. The van der Waals surface area contributed by atoms with E-state index in [4.69, 9.17) is 4.74 Å². The smallest absolute Gasteiger partial charge is 0.324 e. The second kappa shape index (κ2) is 9.97. The van der Waals surface area contributed by atoms with Gasteiger partial charge in [-0.2, -0.15) is 0 Å². The molecule has 0 fully saturated rings. The first-order chi connectivity index (χ1) is 15.9. The lowest BCUT2D eigenvalue weighted by molar-refractivity contribution is 0.0958. The van der Waals surface area contributed by atoms with Crippen LogP contribution in [0.2, 0.25) is 0 Å². The molecule has 2 aromatic heterocycles. The number of carbonyl (C=O) groups is 2. The fraction of sp³-hybridized carbons (Fsp3) is 0.0870. The lowest BCUT2D eigenvalue weighted by Crippen LogP contribution is -2.19. The van der Waals surface area contributed by atoms with Gasteiger partial charge in [0.05, 0.1) is 10.7 Å². The van der Waals surface area contributed by atoms with Gasteiger partial charge >= 0.3 is 6.03 Å². The lowest BCUT2D eigenvalue weighted by Gasteiger charge is -2.07. The summed E-state index contributed by atoms with van der Waals surface area (Å²) in [5.41, 5.74) is 1.61. The van der Waals surface area contributed by atoms with Gasteiger partial charge in [-0.15, -0.1) is 11.3 Å². The monoisotopic (exact) mass is 528 g/mol. The number of hydrogen-bond acceptors (Lipinski definition) is 5. The Bertz CT molecular complexity index is 1340. The van der Waals surface area contributed by atoms with Gasteiger partial charge in [-0.3, -0.25) is 15.1 Å². The number of nitrogens with one attached hydrogen (secondary N) is 3. The van der Waals surface area contributed by atoms with Crippen LogP contribution in [0, 0.1) is 5.82 Å². The molecule has 3 amide bonds. The molecule has 10 heteroatoms. The van der Waals surface area contributed by atoms with E-state index in [9.17, 15) is 14.0 Å². The number of nitrogens with zero attached hydrogens (tertiary/aromatic N) is 1. The minimum absolute atomic E-state index is 0.257. The van der Waals surface area contributed by atoms with Crippen molar-refractivity contribution >= 4 is 60.0 Å². The number of fused-ring (bicyclic) bond motifs is 1. The van der Waals surface area contributed by atoms with E-state index in [0.717, 1.165) is 15.6 Å². The summed E-state index contributed by atoms with van der Waals surface area (Å²) in [7, 11) is 1.55. The van der Waals surface area contributed by atoms with Crippen LogP contribution in [-0.4, -0.2) is 24.0 Å². The number of pyridine rings is 1. The van der Waals surface area contributed by atoms with Crippen LogP contribution >= 0.6 is 27.3 Å². The van der Waals surface area contributed by atoms with Crippen LogP contribution in [0.5, 0.6) is 5.75 Å². The van der Waals surface area contributed by atoms with Gasteiger partial charge in [-0.25, -0.2) is 9.18 Å². The minimum atomic E-state index is -0.435. The third-order valence-corrected chi connectivity index (χ3v) is 6.27. The first-order valence-corrected chi connectivity index (χ1v) is 11.4. The summed E-state index contributed by atoms with van der Waals surface area (Å²) in [6.45, 7) is 0.281. The van der Waals surface area contributed by atoms with Crippen molar-refractivity contribution in [2.75, 3.05) is 17.7 Å². The first-order valence-electron chi connectivity index (χ1n) is 9.78. The number of aromatic nitrogens is 1. The number of thiophene rings is 1. The number of halogens is 2. The highest BCUT2D eigenvalue weighted by atomic mass is 79.9. The Kier molecular flexibility index (Phi) is 6.85. The molecule has 2 heterocycles. The SMILES string of the molecule is CNC(=O)c1cc(COc2ccc3cc(NC(=O)Nc4ccc(F)cc4Br)sc3c2)ccn1. The summed E-state index contributed by atoms with van der Waals surface area (Å²) in [4.78, 5) is 28.1. The van der Waals surface area contributed by atoms with Crippen LogP contribution in [0.4, 0.5) is 19.9 Å². The number of amides is 3. The normalized spacial score (nSPS) is 10.6. The lowest BCUT2D eigenvalue weighted by atomic mass is 10.2. The van der Waals surface area contributed by atoms with Crippen LogP contribution in [-0.2, 0) is 6.61 Å². The van der Waals surface area contributed by atoms with Crippen LogP contribution in [0.3, 0.4) is 0 Å². The maximum Gasteiger partial charge on any atom is 0.324 e. The predicted molar refractivity (Wildman–Crippen MR) is 131 cm³/mol. The topological polar surface area (TPSA) is 92.4 Å². The number of carbonyl (C=O) groups excluding carboxylic acids is 2. The van der Waals surface area contributed by atoms with Crippen LogP contribution in [0.1, 0.15) is 16.1 Å². The van der Waals surface area contributed by atoms with Crippen molar-refractivity contribution in [1.29, 1.82) is 0 Å².